The Balaban J connectivity index is 1.75. The molecule has 18 heavy (non-hydrogen) atoms. The number of furan rings is 1. The van der Waals surface area contributed by atoms with Crippen LogP contribution >= 0.6 is 0 Å². The van der Waals surface area contributed by atoms with Crippen LogP contribution in [0.5, 0.6) is 0 Å². The van der Waals surface area contributed by atoms with E-state index >= 15 is 0 Å². The fourth-order valence-electron chi connectivity index (χ4n) is 3.26. The second kappa shape index (κ2) is 4.36. The minimum atomic E-state index is -3.53. The van der Waals surface area contributed by atoms with Crippen LogP contribution in [0.1, 0.15) is 31.4 Å². The molecule has 0 aliphatic heterocycles. The van der Waals surface area contributed by atoms with E-state index in [9.17, 15) is 8.42 Å². The van der Waals surface area contributed by atoms with Crippen molar-refractivity contribution in [3.05, 3.63) is 17.9 Å². The van der Waals surface area contributed by atoms with Crippen LogP contribution in [0, 0.1) is 11.8 Å². The molecule has 2 aliphatic rings. The summed E-state index contributed by atoms with van der Waals surface area (Å²) in [5.74, 6) is 1.70. The molecule has 0 aromatic carbocycles. The van der Waals surface area contributed by atoms with E-state index in [4.69, 9.17) is 10.2 Å². The Hall–Kier alpha value is -0.850. The van der Waals surface area contributed by atoms with Crippen molar-refractivity contribution in [3.8, 4) is 0 Å². The van der Waals surface area contributed by atoms with Crippen molar-refractivity contribution in [2.45, 2.75) is 43.4 Å². The number of hydrogen-bond donors (Lipinski definition) is 2. The number of sulfonamides is 1. The van der Waals surface area contributed by atoms with Gasteiger partial charge in [-0.25, -0.2) is 13.1 Å². The quantitative estimate of drug-likeness (QED) is 0.861. The van der Waals surface area contributed by atoms with Gasteiger partial charge in [0.05, 0.1) is 6.54 Å². The molecule has 3 unspecified atom stereocenters. The summed E-state index contributed by atoms with van der Waals surface area (Å²) in [6, 6.07) is 3.16. The summed E-state index contributed by atoms with van der Waals surface area (Å²) in [5.41, 5.74) is 5.41. The summed E-state index contributed by atoms with van der Waals surface area (Å²) in [5, 5.41) is -0.0225. The Labute approximate surface area is 107 Å². The molecule has 0 saturated heterocycles. The van der Waals surface area contributed by atoms with Gasteiger partial charge < -0.3 is 10.2 Å². The molecule has 3 rings (SSSR count). The van der Waals surface area contributed by atoms with E-state index in [1.54, 1.807) is 6.07 Å². The topological polar surface area (TPSA) is 85.3 Å². The van der Waals surface area contributed by atoms with Gasteiger partial charge in [0, 0.05) is 6.04 Å². The highest BCUT2D eigenvalue weighted by atomic mass is 32.2. The van der Waals surface area contributed by atoms with E-state index in [2.05, 4.69) is 4.72 Å². The molecule has 1 aromatic rings. The predicted molar refractivity (Wildman–Crippen MR) is 66.2 cm³/mol. The molecule has 100 valence electrons. The summed E-state index contributed by atoms with van der Waals surface area (Å²) >= 11 is 0. The minimum absolute atomic E-state index is 0.0225. The van der Waals surface area contributed by atoms with Crippen LogP contribution in [0.3, 0.4) is 0 Å². The van der Waals surface area contributed by atoms with E-state index in [1.807, 2.05) is 0 Å². The zero-order valence-corrected chi connectivity index (χ0v) is 10.9. The molecule has 3 N–H and O–H groups in total. The first-order valence-electron chi connectivity index (χ1n) is 6.39. The average Bonchev–Trinajstić information content (AvgIpc) is 3.04. The number of nitrogens with two attached hydrogens (primary N) is 1. The van der Waals surface area contributed by atoms with Gasteiger partial charge in [-0.2, -0.15) is 0 Å². The molecule has 0 spiro atoms. The molecule has 5 nitrogen and oxygen atoms in total. The second-order valence-corrected chi connectivity index (χ2v) is 6.97. The standard InChI is InChI=1S/C12H18N2O3S/c13-7-10-3-4-12(17-10)18(15,16)14-11-6-8-1-2-9(11)5-8/h3-4,8-9,11,14H,1-2,5-7,13H2. The molecule has 0 radical (unpaired) electrons. The minimum Gasteiger partial charge on any atom is -0.447 e. The van der Waals surface area contributed by atoms with Crippen LogP contribution in [0.15, 0.2) is 21.6 Å². The van der Waals surface area contributed by atoms with Gasteiger partial charge in [-0.3, -0.25) is 0 Å². The van der Waals surface area contributed by atoms with Gasteiger partial charge in [-0.1, -0.05) is 6.42 Å². The monoisotopic (exact) mass is 270 g/mol. The maximum absolute atomic E-state index is 12.1. The third-order valence-electron chi connectivity index (χ3n) is 4.15. The van der Waals surface area contributed by atoms with Crippen LogP contribution in [-0.4, -0.2) is 14.5 Å². The lowest BCUT2D eigenvalue weighted by molar-refractivity contribution is 0.376. The Morgan fingerprint density at radius 3 is 2.72 bits per heavy atom. The predicted octanol–water partition coefficient (Wildman–Crippen LogP) is 1.21. The van der Waals surface area contributed by atoms with Crippen molar-refractivity contribution in [3.63, 3.8) is 0 Å². The summed E-state index contributed by atoms with van der Waals surface area (Å²) in [4.78, 5) is 0. The van der Waals surface area contributed by atoms with E-state index in [1.165, 1.54) is 18.9 Å². The molecule has 3 atom stereocenters. The number of fused-ring (bicyclic) bond motifs is 2. The Bertz CT molecular complexity index is 537. The third-order valence-corrected chi connectivity index (χ3v) is 5.51. The smallest absolute Gasteiger partial charge is 0.274 e. The normalized spacial score (nSPS) is 31.1. The van der Waals surface area contributed by atoms with E-state index < -0.39 is 10.0 Å². The molecule has 6 heteroatoms. The molecule has 2 bridgehead atoms. The largest absolute Gasteiger partial charge is 0.447 e. The van der Waals surface area contributed by atoms with Crippen molar-refractivity contribution in [1.29, 1.82) is 0 Å². The molecule has 2 fully saturated rings. The lowest BCUT2D eigenvalue weighted by Gasteiger charge is -2.21. The Morgan fingerprint density at radius 2 is 2.17 bits per heavy atom. The second-order valence-electron chi connectivity index (χ2n) is 5.33. The summed E-state index contributed by atoms with van der Waals surface area (Å²) in [6.07, 6.45) is 4.53. The van der Waals surface area contributed by atoms with Crippen LogP contribution in [0.25, 0.3) is 0 Å². The fourth-order valence-corrected chi connectivity index (χ4v) is 4.53. The van der Waals surface area contributed by atoms with Gasteiger partial charge in [0.15, 0.2) is 0 Å². The first-order chi connectivity index (χ1) is 8.58. The fraction of sp³-hybridized carbons (Fsp3) is 0.667. The SMILES string of the molecule is NCc1ccc(S(=O)(=O)NC2CC3CCC2C3)o1. The molecular weight excluding hydrogens is 252 g/mol. The maximum Gasteiger partial charge on any atom is 0.274 e. The molecule has 2 aliphatic carbocycles. The lowest BCUT2D eigenvalue weighted by atomic mass is 9.96. The average molecular weight is 270 g/mol. The van der Waals surface area contributed by atoms with Crippen molar-refractivity contribution in [2.75, 3.05) is 0 Å². The number of hydrogen-bond acceptors (Lipinski definition) is 4. The molecular formula is C12H18N2O3S. The van der Waals surface area contributed by atoms with Gasteiger partial charge in [-0.05, 0) is 43.2 Å². The highest BCUT2D eigenvalue weighted by Crippen LogP contribution is 2.44. The van der Waals surface area contributed by atoms with E-state index in [-0.39, 0.29) is 17.7 Å². The van der Waals surface area contributed by atoms with E-state index in [0.717, 1.165) is 12.8 Å². The van der Waals surface area contributed by atoms with Crippen molar-refractivity contribution in [1.82, 2.24) is 4.72 Å². The van der Waals surface area contributed by atoms with Gasteiger partial charge in [0.2, 0.25) is 5.09 Å². The van der Waals surface area contributed by atoms with Crippen molar-refractivity contribution >= 4 is 10.0 Å². The van der Waals surface area contributed by atoms with Gasteiger partial charge in [0.1, 0.15) is 5.76 Å². The van der Waals surface area contributed by atoms with Crippen LogP contribution in [0.2, 0.25) is 0 Å². The first-order valence-corrected chi connectivity index (χ1v) is 7.88. The Kier molecular flexibility index (Phi) is 2.96. The highest BCUT2D eigenvalue weighted by Gasteiger charge is 2.41. The number of rotatable bonds is 4. The summed E-state index contributed by atoms with van der Waals surface area (Å²) < 4.78 is 32.3. The molecule has 2 saturated carbocycles. The maximum atomic E-state index is 12.1. The first kappa shape index (κ1) is 12.2. The number of nitrogens with one attached hydrogen (secondary N) is 1. The van der Waals surface area contributed by atoms with Gasteiger partial charge in [0.25, 0.3) is 10.0 Å². The summed E-state index contributed by atoms with van der Waals surface area (Å²) in [6.45, 7) is 0.212. The molecule has 1 heterocycles. The molecule has 0 amide bonds. The zero-order valence-electron chi connectivity index (χ0n) is 10.1. The lowest BCUT2D eigenvalue weighted by Crippen LogP contribution is -2.38. The van der Waals surface area contributed by atoms with Crippen LogP contribution < -0.4 is 10.5 Å². The van der Waals surface area contributed by atoms with Crippen LogP contribution in [0.4, 0.5) is 0 Å². The van der Waals surface area contributed by atoms with Crippen LogP contribution in [-0.2, 0) is 16.6 Å². The van der Waals surface area contributed by atoms with Crippen molar-refractivity contribution in [2.24, 2.45) is 17.6 Å². The third kappa shape index (κ3) is 2.08. The highest BCUT2D eigenvalue weighted by molar-refractivity contribution is 7.89. The Morgan fingerprint density at radius 1 is 1.33 bits per heavy atom. The molecule has 1 aromatic heterocycles. The zero-order chi connectivity index (χ0) is 12.8. The van der Waals surface area contributed by atoms with Gasteiger partial charge >= 0.3 is 0 Å². The van der Waals surface area contributed by atoms with E-state index in [0.29, 0.717) is 17.6 Å². The van der Waals surface area contributed by atoms with Gasteiger partial charge in [-0.15, -0.1) is 0 Å². The summed E-state index contributed by atoms with van der Waals surface area (Å²) in [7, 11) is -3.53. The van der Waals surface area contributed by atoms with Crippen molar-refractivity contribution < 1.29 is 12.8 Å².